The van der Waals surface area contributed by atoms with Crippen LogP contribution in [0.25, 0.3) is 0 Å². The van der Waals surface area contributed by atoms with Crippen molar-refractivity contribution in [3.8, 4) is 0 Å². The summed E-state index contributed by atoms with van der Waals surface area (Å²) >= 11 is 0. The van der Waals surface area contributed by atoms with Crippen LogP contribution in [-0.4, -0.2) is 28.4 Å². The van der Waals surface area contributed by atoms with Crippen LogP contribution in [0.5, 0.6) is 0 Å². The molecule has 0 bridgehead atoms. The van der Waals surface area contributed by atoms with Gasteiger partial charge in [-0.2, -0.15) is 0 Å². The lowest BCUT2D eigenvalue weighted by atomic mass is 9.80. The summed E-state index contributed by atoms with van der Waals surface area (Å²) in [5.74, 6) is -1.74. The van der Waals surface area contributed by atoms with E-state index in [-0.39, 0.29) is 17.6 Å². The van der Waals surface area contributed by atoms with E-state index in [1.165, 1.54) is 6.07 Å². The first kappa shape index (κ1) is 15.0. The summed E-state index contributed by atoms with van der Waals surface area (Å²) in [5.41, 5.74) is 1.57. The van der Waals surface area contributed by atoms with Crippen LogP contribution in [0.4, 0.5) is 4.39 Å². The first-order chi connectivity index (χ1) is 10.6. The van der Waals surface area contributed by atoms with Crippen molar-refractivity contribution in [1.82, 2.24) is 4.90 Å². The van der Waals surface area contributed by atoms with E-state index in [0.29, 0.717) is 37.9 Å². The van der Waals surface area contributed by atoms with Crippen LogP contribution in [-0.2, 0) is 22.6 Å². The minimum Gasteiger partial charge on any atom is -0.481 e. The number of amides is 1. The quantitative estimate of drug-likeness (QED) is 0.913. The zero-order valence-corrected chi connectivity index (χ0v) is 12.4. The number of hydrogen-bond acceptors (Lipinski definition) is 2. The number of hydrogen-bond donors (Lipinski definition) is 1. The van der Waals surface area contributed by atoms with Gasteiger partial charge in [0.05, 0.1) is 5.92 Å². The molecule has 0 spiro atoms. The summed E-state index contributed by atoms with van der Waals surface area (Å²) in [4.78, 5) is 25.5. The summed E-state index contributed by atoms with van der Waals surface area (Å²) in [6.07, 6.45) is 3.23. The Kier molecular flexibility index (Phi) is 4.14. The molecule has 0 saturated heterocycles. The number of benzene rings is 1. The Morgan fingerprint density at radius 3 is 2.77 bits per heavy atom. The molecule has 1 aromatic carbocycles. The Morgan fingerprint density at radius 1 is 1.23 bits per heavy atom. The van der Waals surface area contributed by atoms with Crippen molar-refractivity contribution in [2.75, 3.05) is 6.54 Å². The molecular formula is C17H20FNO3. The number of nitrogens with zero attached hydrogens (tertiary/aromatic N) is 1. The van der Waals surface area contributed by atoms with E-state index in [9.17, 15) is 14.0 Å². The highest BCUT2D eigenvalue weighted by Crippen LogP contribution is 2.32. The van der Waals surface area contributed by atoms with Crippen molar-refractivity contribution in [3.05, 3.63) is 35.1 Å². The molecule has 2 unspecified atom stereocenters. The molecule has 1 aliphatic heterocycles. The van der Waals surface area contributed by atoms with Crippen LogP contribution in [0.2, 0.25) is 0 Å². The average Bonchev–Trinajstić information content (AvgIpc) is 2.54. The molecule has 4 nitrogen and oxygen atoms in total. The summed E-state index contributed by atoms with van der Waals surface area (Å²) in [7, 11) is 0. The topological polar surface area (TPSA) is 57.6 Å². The second-order valence-corrected chi connectivity index (χ2v) is 6.29. The van der Waals surface area contributed by atoms with Crippen LogP contribution in [0, 0.1) is 17.7 Å². The number of carbonyl (C=O) groups excluding carboxylic acids is 1. The van der Waals surface area contributed by atoms with E-state index in [4.69, 9.17) is 5.11 Å². The predicted molar refractivity (Wildman–Crippen MR) is 78.6 cm³/mol. The highest BCUT2D eigenvalue weighted by molar-refractivity contribution is 5.80. The van der Waals surface area contributed by atoms with Gasteiger partial charge in [-0.05, 0) is 37.3 Å². The van der Waals surface area contributed by atoms with Crippen molar-refractivity contribution in [3.63, 3.8) is 0 Å². The van der Waals surface area contributed by atoms with Crippen LogP contribution in [0.15, 0.2) is 18.2 Å². The fourth-order valence-electron chi connectivity index (χ4n) is 3.62. The molecule has 1 amide bonds. The Labute approximate surface area is 128 Å². The van der Waals surface area contributed by atoms with Gasteiger partial charge in [-0.3, -0.25) is 9.59 Å². The molecule has 1 N–H and O–H groups in total. The Balaban J connectivity index is 1.71. The SMILES string of the molecule is O=C(O)C1CCCC(C(=O)N2CCc3cccc(F)c3C2)C1. The first-order valence-corrected chi connectivity index (χ1v) is 7.84. The molecule has 1 saturated carbocycles. The van der Waals surface area contributed by atoms with Crippen LogP contribution < -0.4 is 0 Å². The zero-order valence-electron chi connectivity index (χ0n) is 12.4. The third kappa shape index (κ3) is 2.85. The van der Waals surface area contributed by atoms with Gasteiger partial charge in [-0.25, -0.2) is 4.39 Å². The lowest BCUT2D eigenvalue weighted by Crippen LogP contribution is -2.42. The fourth-order valence-corrected chi connectivity index (χ4v) is 3.62. The zero-order chi connectivity index (χ0) is 15.7. The van der Waals surface area contributed by atoms with Gasteiger partial charge in [0, 0.05) is 24.6 Å². The second-order valence-electron chi connectivity index (χ2n) is 6.29. The third-order valence-corrected chi connectivity index (χ3v) is 4.90. The fraction of sp³-hybridized carbons (Fsp3) is 0.529. The van der Waals surface area contributed by atoms with Crippen molar-refractivity contribution in [2.45, 2.75) is 38.6 Å². The first-order valence-electron chi connectivity index (χ1n) is 7.84. The maximum absolute atomic E-state index is 13.9. The second kappa shape index (κ2) is 6.07. The van der Waals surface area contributed by atoms with Crippen LogP contribution >= 0.6 is 0 Å². The van der Waals surface area contributed by atoms with Crippen molar-refractivity contribution in [2.24, 2.45) is 11.8 Å². The smallest absolute Gasteiger partial charge is 0.306 e. The van der Waals surface area contributed by atoms with E-state index in [1.54, 1.807) is 11.0 Å². The molecular weight excluding hydrogens is 285 g/mol. The van der Waals surface area contributed by atoms with Gasteiger partial charge >= 0.3 is 5.97 Å². The minimum atomic E-state index is -0.812. The molecule has 1 aliphatic carbocycles. The van der Waals surface area contributed by atoms with E-state index < -0.39 is 11.9 Å². The molecule has 3 rings (SSSR count). The lowest BCUT2D eigenvalue weighted by Gasteiger charge is -2.34. The monoisotopic (exact) mass is 305 g/mol. The average molecular weight is 305 g/mol. The van der Waals surface area contributed by atoms with E-state index in [0.717, 1.165) is 18.4 Å². The summed E-state index contributed by atoms with van der Waals surface area (Å²) in [6, 6.07) is 5.03. The number of fused-ring (bicyclic) bond motifs is 1. The Morgan fingerprint density at radius 2 is 2.00 bits per heavy atom. The van der Waals surface area contributed by atoms with Crippen LogP contribution in [0.3, 0.4) is 0 Å². The van der Waals surface area contributed by atoms with Gasteiger partial charge in [-0.1, -0.05) is 18.6 Å². The summed E-state index contributed by atoms with van der Waals surface area (Å²) in [6.45, 7) is 0.888. The van der Waals surface area contributed by atoms with Gasteiger partial charge in [-0.15, -0.1) is 0 Å². The molecule has 1 heterocycles. The maximum Gasteiger partial charge on any atom is 0.306 e. The van der Waals surface area contributed by atoms with Crippen molar-refractivity contribution >= 4 is 11.9 Å². The number of halogens is 1. The normalized spacial score (nSPS) is 24.7. The molecule has 2 aliphatic rings. The predicted octanol–water partition coefficient (Wildman–Crippen LogP) is 2.60. The van der Waals surface area contributed by atoms with E-state index in [2.05, 4.69) is 0 Å². The van der Waals surface area contributed by atoms with Gasteiger partial charge in [0.1, 0.15) is 5.82 Å². The van der Waals surface area contributed by atoms with Gasteiger partial charge < -0.3 is 10.0 Å². The Bertz CT molecular complexity index is 602. The Hall–Kier alpha value is -1.91. The molecule has 1 fully saturated rings. The highest BCUT2D eigenvalue weighted by Gasteiger charge is 2.34. The number of carbonyl (C=O) groups is 2. The van der Waals surface area contributed by atoms with E-state index >= 15 is 0 Å². The van der Waals surface area contributed by atoms with Crippen molar-refractivity contribution in [1.29, 1.82) is 0 Å². The number of carboxylic acid groups (broad SMARTS) is 1. The van der Waals surface area contributed by atoms with Crippen molar-refractivity contribution < 1.29 is 19.1 Å². The number of rotatable bonds is 2. The molecule has 1 aromatic rings. The van der Waals surface area contributed by atoms with Crippen LogP contribution in [0.1, 0.15) is 36.8 Å². The molecule has 5 heteroatoms. The molecule has 118 valence electrons. The number of carboxylic acids is 1. The maximum atomic E-state index is 13.9. The molecule has 22 heavy (non-hydrogen) atoms. The molecule has 2 atom stereocenters. The van der Waals surface area contributed by atoms with Gasteiger partial charge in [0.25, 0.3) is 0 Å². The van der Waals surface area contributed by atoms with Gasteiger partial charge in [0.2, 0.25) is 5.91 Å². The largest absolute Gasteiger partial charge is 0.481 e. The van der Waals surface area contributed by atoms with Gasteiger partial charge in [0.15, 0.2) is 0 Å². The highest BCUT2D eigenvalue weighted by atomic mass is 19.1. The van der Waals surface area contributed by atoms with E-state index in [1.807, 2.05) is 6.07 Å². The minimum absolute atomic E-state index is 0.0140. The lowest BCUT2D eigenvalue weighted by molar-refractivity contribution is -0.145. The summed E-state index contributed by atoms with van der Waals surface area (Å²) < 4.78 is 13.9. The molecule has 0 radical (unpaired) electrons. The standard InChI is InChI=1S/C17H20FNO3/c18-15-6-2-3-11-7-8-19(10-14(11)15)16(20)12-4-1-5-13(9-12)17(21)22/h2-3,6,12-13H,1,4-5,7-10H2,(H,21,22). The molecule has 0 aromatic heterocycles. The number of aliphatic carboxylic acids is 1. The summed E-state index contributed by atoms with van der Waals surface area (Å²) in [5, 5.41) is 9.14. The third-order valence-electron chi connectivity index (χ3n) is 4.90.